The van der Waals surface area contributed by atoms with Crippen molar-refractivity contribution < 1.29 is 4.79 Å². The van der Waals surface area contributed by atoms with Gasteiger partial charge in [0.2, 0.25) is 5.91 Å². The van der Waals surface area contributed by atoms with Crippen LogP contribution in [0.15, 0.2) is 97.1 Å². The lowest BCUT2D eigenvalue weighted by Crippen LogP contribution is -2.33. The molecule has 1 heterocycles. The molecule has 0 bridgehead atoms. The van der Waals surface area contributed by atoms with Crippen molar-refractivity contribution in [2.24, 2.45) is 0 Å². The van der Waals surface area contributed by atoms with E-state index in [-0.39, 0.29) is 24.0 Å². The molecule has 4 aromatic rings. The Kier molecular flexibility index (Phi) is 6.99. The number of carbonyl (C=O) groups is 1. The fourth-order valence-electron chi connectivity index (χ4n) is 5.87. The molecule has 0 aromatic heterocycles. The van der Waals surface area contributed by atoms with Gasteiger partial charge in [-0.05, 0) is 49.9 Å². The van der Waals surface area contributed by atoms with E-state index in [0.29, 0.717) is 6.54 Å². The summed E-state index contributed by atoms with van der Waals surface area (Å²) in [5.41, 5.74) is 9.78. The van der Waals surface area contributed by atoms with Crippen LogP contribution in [-0.2, 0) is 11.3 Å². The molecule has 0 saturated carbocycles. The lowest BCUT2D eigenvalue weighted by Gasteiger charge is -2.24. The number of hydrogen-bond donors (Lipinski definition) is 0. The van der Waals surface area contributed by atoms with Crippen molar-refractivity contribution >= 4 is 5.91 Å². The van der Waals surface area contributed by atoms with Crippen LogP contribution in [0, 0.1) is 27.7 Å². The minimum absolute atomic E-state index is 0.0125. The summed E-state index contributed by atoms with van der Waals surface area (Å²) in [5.74, 6) is 0.163. The average Bonchev–Trinajstić information content (AvgIpc) is 3.58. The molecule has 5 rings (SSSR count). The highest BCUT2D eigenvalue weighted by Crippen LogP contribution is 2.52. The number of nitrogens with zero attached hydrogens (tertiary/aromatic N) is 2. The maximum absolute atomic E-state index is 14.0. The summed E-state index contributed by atoms with van der Waals surface area (Å²) in [6, 6.07) is 34.1. The molecule has 0 radical (unpaired) electrons. The van der Waals surface area contributed by atoms with Crippen LogP contribution in [0.4, 0.5) is 0 Å². The normalized spacial score (nSPS) is 18.6. The van der Waals surface area contributed by atoms with E-state index in [2.05, 4.69) is 105 Å². The van der Waals surface area contributed by atoms with Crippen LogP contribution in [0.1, 0.15) is 56.6 Å². The van der Waals surface area contributed by atoms with Crippen molar-refractivity contribution in [1.82, 2.24) is 9.80 Å². The van der Waals surface area contributed by atoms with Crippen LogP contribution in [0.2, 0.25) is 0 Å². The quantitative estimate of drug-likeness (QED) is 0.259. The molecular formula is C34H36N2O. The fourth-order valence-corrected chi connectivity index (χ4v) is 5.87. The largest absolute Gasteiger partial charge is 0.340 e. The fraction of sp³-hybridized carbons (Fsp3) is 0.265. The van der Waals surface area contributed by atoms with E-state index in [0.717, 1.165) is 5.56 Å². The van der Waals surface area contributed by atoms with Gasteiger partial charge in [0, 0.05) is 13.6 Å². The molecule has 4 aromatic carbocycles. The van der Waals surface area contributed by atoms with E-state index >= 15 is 0 Å². The van der Waals surface area contributed by atoms with Gasteiger partial charge in [-0.2, -0.15) is 0 Å². The van der Waals surface area contributed by atoms with Crippen LogP contribution >= 0.6 is 0 Å². The zero-order chi connectivity index (χ0) is 26.1. The average molecular weight is 489 g/mol. The van der Waals surface area contributed by atoms with Crippen LogP contribution in [0.25, 0.3) is 0 Å². The third-order valence-corrected chi connectivity index (χ3v) is 7.30. The van der Waals surface area contributed by atoms with Crippen molar-refractivity contribution in [3.63, 3.8) is 0 Å². The van der Waals surface area contributed by atoms with Gasteiger partial charge < -0.3 is 4.90 Å². The Morgan fingerprint density at radius 2 is 1.19 bits per heavy atom. The van der Waals surface area contributed by atoms with Crippen molar-refractivity contribution in [3.05, 3.63) is 142 Å². The lowest BCUT2D eigenvalue weighted by molar-refractivity contribution is -0.130. The van der Waals surface area contributed by atoms with Crippen molar-refractivity contribution in [3.8, 4) is 0 Å². The van der Waals surface area contributed by atoms with Gasteiger partial charge in [0.15, 0.2) is 0 Å². The van der Waals surface area contributed by atoms with Gasteiger partial charge in [-0.15, -0.1) is 0 Å². The molecular weight excluding hydrogens is 452 g/mol. The molecule has 0 spiro atoms. The second-order valence-corrected chi connectivity index (χ2v) is 10.7. The molecule has 1 aliphatic rings. The maximum Gasteiger partial charge on any atom is 0.242 e. The molecule has 1 saturated heterocycles. The van der Waals surface area contributed by atoms with Crippen molar-refractivity contribution in [1.29, 1.82) is 0 Å². The van der Waals surface area contributed by atoms with E-state index in [1.54, 1.807) is 0 Å². The summed E-state index contributed by atoms with van der Waals surface area (Å²) in [6.07, 6.45) is 0. The summed E-state index contributed by atoms with van der Waals surface area (Å²) in [6.45, 7) is 9.22. The van der Waals surface area contributed by atoms with E-state index in [4.69, 9.17) is 0 Å². The molecule has 1 unspecified atom stereocenters. The Bertz CT molecular complexity index is 1300. The molecule has 3 nitrogen and oxygen atoms in total. The standard InChI is InChI=1S/C34H36N2O/c1-23-16-24(2)19-29(18-23)31(30-20-25(3)17-26(4)21-30)36-32(28-14-10-7-11-15-28)33(36)34(37)35(5)22-27-12-8-6-9-13-27/h6-21,31-33H,22H2,1-5H3/t32-,33-,36?/m1/s1. The predicted octanol–water partition coefficient (Wildman–Crippen LogP) is 7.09. The summed E-state index contributed by atoms with van der Waals surface area (Å²) < 4.78 is 0. The highest BCUT2D eigenvalue weighted by molar-refractivity contribution is 5.86. The first-order valence-corrected chi connectivity index (χ1v) is 13.1. The second kappa shape index (κ2) is 10.4. The summed E-state index contributed by atoms with van der Waals surface area (Å²) in [7, 11) is 1.93. The van der Waals surface area contributed by atoms with Crippen LogP contribution in [0.5, 0.6) is 0 Å². The number of benzene rings is 4. The molecule has 1 fully saturated rings. The number of carbonyl (C=O) groups excluding carboxylic acids is 1. The molecule has 1 amide bonds. The Labute approximate surface area is 221 Å². The van der Waals surface area contributed by atoms with Gasteiger partial charge >= 0.3 is 0 Å². The molecule has 188 valence electrons. The summed E-state index contributed by atoms with van der Waals surface area (Å²) >= 11 is 0. The first-order chi connectivity index (χ1) is 17.8. The summed E-state index contributed by atoms with van der Waals surface area (Å²) in [5, 5.41) is 0. The number of rotatable bonds is 7. The maximum atomic E-state index is 14.0. The lowest BCUT2D eigenvalue weighted by atomic mass is 9.93. The summed E-state index contributed by atoms with van der Waals surface area (Å²) in [4.78, 5) is 18.3. The Balaban J connectivity index is 1.58. The third-order valence-electron chi connectivity index (χ3n) is 7.30. The Morgan fingerprint density at radius 1 is 0.730 bits per heavy atom. The van der Waals surface area contributed by atoms with Crippen LogP contribution < -0.4 is 0 Å². The first-order valence-electron chi connectivity index (χ1n) is 13.1. The predicted molar refractivity (Wildman–Crippen MR) is 151 cm³/mol. The van der Waals surface area contributed by atoms with Crippen molar-refractivity contribution in [2.75, 3.05) is 7.05 Å². The zero-order valence-corrected chi connectivity index (χ0v) is 22.5. The van der Waals surface area contributed by atoms with E-state index in [1.165, 1.54) is 38.9 Å². The van der Waals surface area contributed by atoms with Gasteiger partial charge in [-0.3, -0.25) is 9.69 Å². The molecule has 37 heavy (non-hydrogen) atoms. The van der Waals surface area contributed by atoms with Gasteiger partial charge in [-0.1, -0.05) is 119 Å². The smallest absolute Gasteiger partial charge is 0.242 e. The molecule has 3 atom stereocenters. The highest BCUT2D eigenvalue weighted by Gasteiger charge is 2.57. The van der Waals surface area contributed by atoms with Crippen LogP contribution in [0.3, 0.4) is 0 Å². The Morgan fingerprint density at radius 3 is 1.68 bits per heavy atom. The number of hydrogen-bond acceptors (Lipinski definition) is 2. The molecule has 3 heteroatoms. The Hall–Kier alpha value is -3.69. The topological polar surface area (TPSA) is 23.3 Å². The molecule has 0 N–H and O–H groups in total. The van der Waals surface area contributed by atoms with Crippen molar-refractivity contribution in [2.45, 2.75) is 52.4 Å². The number of likely N-dealkylation sites (N-methyl/N-ethyl adjacent to an activating group) is 1. The van der Waals surface area contributed by atoms with E-state index < -0.39 is 0 Å². The zero-order valence-electron chi connectivity index (χ0n) is 22.5. The van der Waals surface area contributed by atoms with E-state index in [1.807, 2.05) is 36.2 Å². The van der Waals surface area contributed by atoms with Gasteiger partial charge in [0.25, 0.3) is 0 Å². The minimum atomic E-state index is -0.220. The monoisotopic (exact) mass is 488 g/mol. The van der Waals surface area contributed by atoms with Gasteiger partial charge in [0.05, 0.1) is 12.1 Å². The SMILES string of the molecule is Cc1cc(C)cc(C(c2cc(C)cc(C)c2)N2[C@H](c3ccccc3)[C@@H]2C(=O)N(C)Cc2ccccc2)c1. The minimum Gasteiger partial charge on any atom is -0.340 e. The first kappa shape index (κ1) is 25.0. The second-order valence-electron chi connectivity index (χ2n) is 10.7. The van der Waals surface area contributed by atoms with Crippen LogP contribution in [-0.4, -0.2) is 28.8 Å². The highest BCUT2D eigenvalue weighted by atomic mass is 16.2. The molecule has 0 aliphatic carbocycles. The van der Waals surface area contributed by atoms with E-state index in [9.17, 15) is 4.79 Å². The molecule has 1 aliphatic heterocycles. The van der Waals surface area contributed by atoms with Gasteiger partial charge in [-0.25, -0.2) is 0 Å². The number of aryl methyl sites for hydroxylation is 4. The number of amides is 1. The third kappa shape index (κ3) is 5.38. The van der Waals surface area contributed by atoms with Gasteiger partial charge in [0.1, 0.15) is 6.04 Å².